The fraction of sp³-hybridized carbons (Fsp3) is 0.250. The molecule has 0 unspecified atom stereocenters. The summed E-state index contributed by atoms with van der Waals surface area (Å²) in [6.45, 7) is 5.11. The molecule has 2 aromatic carbocycles. The van der Waals surface area contributed by atoms with Gasteiger partial charge in [0.2, 0.25) is 6.10 Å². The molecule has 26 heavy (non-hydrogen) atoms. The van der Waals surface area contributed by atoms with Gasteiger partial charge in [0.05, 0.1) is 11.1 Å². The molecule has 0 radical (unpaired) electrons. The van der Waals surface area contributed by atoms with E-state index in [-0.39, 0.29) is 11.1 Å². The highest BCUT2D eigenvalue weighted by Crippen LogP contribution is 2.13. The number of esters is 2. The lowest BCUT2D eigenvalue weighted by atomic mass is 10.1. The molecule has 2 rings (SSSR count). The number of benzene rings is 2. The molecule has 0 aliphatic rings. The summed E-state index contributed by atoms with van der Waals surface area (Å²) in [5, 5.41) is 9.33. The lowest BCUT2D eigenvalue weighted by Gasteiger charge is -2.21. The van der Waals surface area contributed by atoms with Crippen LogP contribution in [0.4, 0.5) is 0 Å². The van der Waals surface area contributed by atoms with Crippen molar-refractivity contribution < 1.29 is 29.0 Å². The maximum atomic E-state index is 12.1. The predicted octanol–water partition coefficient (Wildman–Crippen LogP) is 3.16. The summed E-state index contributed by atoms with van der Waals surface area (Å²) in [5.41, 5.74) is 2.44. The number of hydrogen-bond donors (Lipinski definition) is 1. The molecule has 6 nitrogen and oxygen atoms in total. The predicted molar refractivity (Wildman–Crippen MR) is 94.1 cm³/mol. The minimum Gasteiger partial charge on any atom is -0.478 e. The largest absolute Gasteiger partial charge is 0.478 e. The van der Waals surface area contributed by atoms with E-state index >= 15 is 0 Å². The highest BCUT2D eigenvalue weighted by Gasteiger charge is 2.32. The second-order valence-corrected chi connectivity index (χ2v) is 6.01. The van der Waals surface area contributed by atoms with Crippen LogP contribution in [0.3, 0.4) is 0 Å². The molecule has 2 aromatic rings. The van der Waals surface area contributed by atoms with Gasteiger partial charge in [-0.05, 0) is 45.0 Å². The van der Waals surface area contributed by atoms with Gasteiger partial charge in [-0.2, -0.15) is 0 Å². The fourth-order valence-electron chi connectivity index (χ4n) is 2.21. The van der Waals surface area contributed by atoms with Crippen molar-refractivity contribution in [2.75, 3.05) is 0 Å². The molecule has 0 heterocycles. The minimum absolute atomic E-state index is 0.221. The smallest absolute Gasteiger partial charge is 0.348 e. The fourth-order valence-corrected chi connectivity index (χ4v) is 2.21. The zero-order chi connectivity index (χ0) is 19.3. The number of rotatable bonds is 6. The molecule has 136 valence electrons. The first-order chi connectivity index (χ1) is 12.3. The Labute approximate surface area is 151 Å². The van der Waals surface area contributed by atoms with E-state index in [9.17, 15) is 19.5 Å². The monoisotopic (exact) mass is 356 g/mol. The van der Waals surface area contributed by atoms with Crippen LogP contribution in [-0.4, -0.2) is 35.2 Å². The molecule has 2 atom stereocenters. The van der Waals surface area contributed by atoms with Gasteiger partial charge in [-0.3, -0.25) is 0 Å². The summed E-state index contributed by atoms with van der Waals surface area (Å²) in [4.78, 5) is 35.7. The van der Waals surface area contributed by atoms with Crippen LogP contribution in [0.2, 0.25) is 0 Å². The van der Waals surface area contributed by atoms with Gasteiger partial charge < -0.3 is 14.6 Å². The van der Waals surface area contributed by atoms with Gasteiger partial charge in [0.25, 0.3) is 0 Å². The van der Waals surface area contributed by atoms with E-state index in [1.165, 1.54) is 6.92 Å². The SMILES string of the molecule is Cc1ccc(C(=O)O[C@H](C(=O)O)[C@@H](C)OC(=O)c2ccc(C)cc2)cc1. The average Bonchev–Trinajstić information content (AvgIpc) is 2.60. The lowest BCUT2D eigenvalue weighted by molar-refractivity contribution is -0.153. The number of carboxylic acids is 1. The Balaban J connectivity index is 2.06. The van der Waals surface area contributed by atoms with Crippen molar-refractivity contribution in [3.05, 3.63) is 70.8 Å². The third-order valence-electron chi connectivity index (χ3n) is 3.77. The summed E-state index contributed by atoms with van der Waals surface area (Å²) in [5.74, 6) is -2.87. The number of carbonyl (C=O) groups is 3. The molecule has 0 fully saturated rings. The van der Waals surface area contributed by atoms with E-state index in [0.717, 1.165) is 11.1 Å². The quantitative estimate of drug-likeness (QED) is 0.800. The van der Waals surface area contributed by atoms with E-state index in [2.05, 4.69) is 0 Å². The van der Waals surface area contributed by atoms with Crippen LogP contribution in [-0.2, 0) is 14.3 Å². The van der Waals surface area contributed by atoms with Crippen LogP contribution < -0.4 is 0 Å². The van der Waals surface area contributed by atoms with Crippen LogP contribution in [0, 0.1) is 13.8 Å². The zero-order valence-electron chi connectivity index (χ0n) is 14.8. The van der Waals surface area contributed by atoms with Crippen molar-refractivity contribution in [1.82, 2.24) is 0 Å². The first kappa shape index (κ1) is 19.2. The Hall–Kier alpha value is -3.15. The van der Waals surface area contributed by atoms with Gasteiger partial charge in [-0.25, -0.2) is 14.4 Å². The highest BCUT2D eigenvalue weighted by atomic mass is 16.6. The van der Waals surface area contributed by atoms with E-state index in [1.54, 1.807) is 48.5 Å². The molecule has 0 amide bonds. The summed E-state index contributed by atoms with van der Waals surface area (Å²) in [7, 11) is 0. The van der Waals surface area contributed by atoms with Crippen molar-refractivity contribution >= 4 is 17.9 Å². The van der Waals surface area contributed by atoms with Gasteiger partial charge in [0.15, 0.2) is 0 Å². The molecule has 0 saturated heterocycles. The second-order valence-electron chi connectivity index (χ2n) is 6.01. The van der Waals surface area contributed by atoms with Crippen molar-refractivity contribution in [3.8, 4) is 0 Å². The Morgan fingerprint density at radius 1 is 0.769 bits per heavy atom. The van der Waals surface area contributed by atoms with Crippen LogP contribution in [0.25, 0.3) is 0 Å². The average molecular weight is 356 g/mol. The summed E-state index contributed by atoms with van der Waals surface area (Å²) in [6.07, 6.45) is -2.77. The normalized spacial score (nSPS) is 12.7. The van der Waals surface area contributed by atoms with Crippen molar-refractivity contribution in [3.63, 3.8) is 0 Å². The Morgan fingerprint density at radius 2 is 1.15 bits per heavy atom. The van der Waals surface area contributed by atoms with Crippen LogP contribution >= 0.6 is 0 Å². The van der Waals surface area contributed by atoms with Crippen molar-refractivity contribution in [2.45, 2.75) is 33.0 Å². The number of carboxylic acid groups (broad SMARTS) is 1. The van der Waals surface area contributed by atoms with E-state index in [4.69, 9.17) is 9.47 Å². The van der Waals surface area contributed by atoms with Crippen LogP contribution in [0.1, 0.15) is 38.8 Å². The molecule has 0 saturated carbocycles. The Bertz CT molecular complexity index is 792. The number of aryl methyl sites for hydroxylation is 2. The van der Waals surface area contributed by atoms with E-state index < -0.39 is 30.1 Å². The Morgan fingerprint density at radius 3 is 1.54 bits per heavy atom. The van der Waals surface area contributed by atoms with Crippen molar-refractivity contribution in [2.24, 2.45) is 0 Å². The molecule has 0 bridgehead atoms. The lowest BCUT2D eigenvalue weighted by Crippen LogP contribution is -2.39. The summed E-state index contributed by atoms with van der Waals surface area (Å²) >= 11 is 0. The first-order valence-corrected chi connectivity index (χ1v) is 8.06. The first-order valence-electron chi connectivity index (χ1n) is 8.06. The molecule has 6 heteroatoms. The third-order valence-corrected chi connectivity index (χ3v) is 3.77. The maximum Gasteiger partial charge on any atom is 0.348 e. The number of hydrogen-bond acceptors (Lipinski definition) is 5. The van der Waals surface area contributed by atoms with E-state index in [1.807, 2.05) is 13.8 Å². The molecule has 0 aliphatic carbocycles. The Kier molecular flexibility index (Phi) is 6.11. The maximum absolute atomic E-state index is 12.1. The summed E-state index contributed by atoms with van der Waals surface area (Å²) in [6, 6.07) is 13.2. The zero-order valence-corrected chi connectivity index (χ0v) is 14.8. The molecular formula is C20H20O6. The van der Waals surface area contributed by atoms with E-state index in [0.29, 0.717) is 0 Å². The summed E-state index contributed by atoms with van der Waals surface area (Å²) < 4.78 is 10.2. The molecular weight excluding hydrogens is 336 g/mol. The van der Waals surface area contributed by atoms with Gasteiger partial charge in [-0.15, -0.1) is 0 Å². The van der Waals surface area contributed by atoms with Gasteiger partial charge in [0, 0.05) is 0 Å². The standard InChI is InChI=1S/C20H20O6/c1-12-4-8-15(9-5-12)19(23)25-14(3)17(18(21)22)26-20(24)16-10-6-13(2)7-11-16/h4-11,14,17H,1-3H3,(H,21,22)/t14-,17+/m1/s1. The van der Waals surface area contributed by atoms with Gasteiger partial charge in [-0.1, -0.05) is 35.4 Å². The molecule has 0 spiro atoms. The minimum atomic E-state index is -1.61. The van der Waals surface area contributed by atoms with Crippen LogP contribution in [0.15, 0.2) is 48.5 Å². The van der Waals surface area contributed by atoms with Gasteiger partial charge in [0.1, 0.15) is 6.10 Å². The highest BCUT2D eigenvalue weighted by molar-refractivity contribution is 5.92. The molecule has 0 aromatic heterocycles. The molecule has 0 aliphatic heterocycles. The number of aliphatic carboxylic acids is 1. The van der Waals surface area contributed by atoms with Crippen LogP contribution in [0.5, 0.6) is 0 Å². The number of ether oxygens (including phenoxy) is 2. The topological polar surface area (TPSA) is 89.9 Å². The molecule has 1 N–H and O–H groups in total. The number of carbonyl (C=O) groups excluding carboxylic acids is 2. The second kappa shape index (κ2) is 8.29. The third kappa shape index (κ3) is 4.92. The van der Waals surface area contributed by atoms with Gasteiger partial charge >= 0.3 is 17.9 Å². The van der Waals surface area contributed by atoms with Crippen molar-refractivity contribution in [1.29, 1.82) is 0 Å².